The highest BCUT2D eigenvalue weighted by atomic mass is 16.4. The maximum atomic E-state index is 12.3. The largest absolute Gasteiger partial charge is 0.480 e. The van der Waals surface area contributed by atoms with Crippen LogP contribution in [0.4, 0.5) is 5.69 Å². The number of anilines is 1. The van der Waals surface area contributed by atoms with Crippen molar-refractivity contribution in [1.29, 1.82) is 0 Å². The topological polar surface area (TPSA) is 133 Å². The van der Waals surface area contributed by atoms with Gasteiger partial charge >= 0.3 is 5.97 Å². The first kappa shape index (κ1) is 19.7. The molecule has 3 rings (SSSR count). The zero-order chi connectivity index (χ0) is 21.0. The fourth-order valence-electron chi connectivity index (χ4n) is 2.84. The number of carbonyl (C=O) groups is 5. The van der Waals surface area contributed by atoms with E-state index in [1.54, 1.807) is 24.3 Å². The van der Waals surface area contributed by atoms with Crippen molar-refractivity contribution in [2.24, 2.45) is 0 Å². The Hall–Kier alpha value is -4.01. The number of carboxylic acids is 1. The lowest BCUT2D eigenvalue weighted by molar-refractivity contribution is -0.135. The SMILES string of the molecule is O=C(O)CNC(=O)c1ccc(NC(=O)CCN2C(=O)c3ccccc3C2=O)cc1. The van der Waals surface area contributed by atoms with E-state index >= 15 is 0 Å². The van der Waals surface area contributed by atoms with Crippen LogP contribution in [0.5, 0.6) is 0 Å². The second-order valence-corrected chi connectivity index (χ2v) is 6.26. The van der Waals surface area contributed by atoms with E-state index in [9.17, 15) is 24.0 Å². The molecule has 9 nitrogen and oxygen atoms in total. The predicted octanol–water partition coefficient (Wildman–Crippen LogP) is 1.13. The Balaban J connectivity index is 1.53. The lowest BCUT2D eigenvalue weighted by atomic mass is 10.1. The molecule has 0 spiro atoms. The Morgan fingerprint density at radius 1 is 0.897 bits per heavy atom. The summed E-state index contributed by atoms with van der Waals surface area (Å²) in [5.74, 6) is -2.94. The van der Waals surface area contributed by atoms with Crippen LogP contribution < -0.4 is 10.6 Å². The number of amides is 4. The normalized spacial score (nSPS) is 12.5. The summed E-state index contributed by atoms with van der Waals surface area (Å²) in [6.45, 7) is -0.539. The summed E-state index contributed by atoms with van der Waals surface area (Å²) in [6.07, 6.45) is -0.0771. The third-order valence-corrected chi connectivity index (χ3v) is 4.27. The summed E-state index contributed by atoms with van der Waals surface area (Å²) < 4.78 is 0. The highest BCUT2D eigenvalue weighted by Crippen LogP contribution is 2.22. The number of aliphatic carboxylic acids is 1. The van der Waals surface area contributed by atoms with Gasteiger partial charge in [-0.3, -0.25) is 28.9 Å². The van der Waals surface area contributed by atoms with Gasteiger partial charge in [0.05, 0.1) is 11.1 Å². The van der Waals surface area contributed by atoms with Crippen molar-refractivity contribution in [1.82, 2.24) is 10.2 Å². The second-order valence-electron chi connectivity index (χ2n) is 6.26. The van der Waals surface area contributed by atoms with E-state index in [4.69, 9.17) is 5.11 Å². The van der Waals surface area contributed by atoms with Crippen molar-refractivity contribution in [3.05, 3.63) is 65.2 Å². The Kier molecular flexibility index (Phi) is 5.68. The van der Waals surface area contributed by atoms with Gasteiger partial charge in [-0.2, -0.15) is 0 Å². The van der Waals surface area contributed by atoms with Gasteiger partial charge in [0.15, 0.2) is 0 Å². The van der Waals surface area contributed by atoms with Gasteiger partial charge in [0.2, 0.25) is 5.91 Å². The minimum absolute atomic E-state index is 0.0478. The molecule has 1 aliphatic heterocycles. The fourth-order valence-corrected chi connectivity index (χ4v) is 2.84. The summed E-state index contributed by atoms with van der Waals surface area (Å²) in [7, 11) is 0. The highest BCUT2D eigenvalue weighted by molar-refractivity contribution is 6.21. The van der Waals surface area contributed by atoms with E-state index in [0.717, 1.165) is 4.90 Å². The Labute approximate surface area is 165 Å². The molecule has 0 aliphatic carbocycles. The maximum Gasteiger partial charge on any atom is 0.322 e. The first-order valence-electron chi connectivity index (χ1n) is 8.72. The van der Waals surface area contributed by atoms with E-state index in [0.29, 0.717) is 16.8 Å². The second kappa shape index (κ2) is 8.34. The quantitative estimate of drug-likeness (QED) is 0.602. The van der Waals surface area contributed by atoms with Gasteiger partial charge in [0.1, 0.15) is 6.54 Å². The number of carbonyl (C=O) groups excluding carboxylic acids is 4. The minimum Gasteiger partial charge on any atom is -0.480 e. The molecule has 0 unspecified atom stereocenters. The molecule has 0 bridgehead atoms. The van der Waals surface area contributed by atoms with Gasteiger partial charge in [-0.25, -0.2) is 0 Å². The molecule has 9 heteroatoms. The van der Waals surface area contributed by atoms with Gasteiger partial charge in [-0.15, -0.1) is 0 Å². The number of benzene rings is 2. The number of fused-ring (bicyclic) bond motifs is 1. The molecule has 148 valence electrons. The van der Waals surface area contributed by atoms with Crippen molar-refractivity contribution >= 4 is 35.3 Å². The molecule has 3 N–H and O–H groups in total. The van der Waals surface area contributed by atoms with Crippen LogP contribution in [0.3, 0.4) is 0 Å². The molecule has 0 saturated carbocycles. The molecule has 4 amide bonds. The van der Waals surface area contributed by atoms with Crippen LogP contribution in [-0.4, -0.2) is 52.7 Å². The summed E-state index contributed by atoms with van der Waals surface area (Å²) in [5, 5.41) is 13.4. The first-order valence-corrected chi connectivity index (χ1v) is 8.72. The number of rotatable bonds is 7. The summed E-state index contributed by atoms with van der Waals surface area (Å²) >= 11 is 0. The number of nitrogens with zero attached hydrogens (tertiary/aromatic N) is 1. The molecule has 29 heavy (non-hydrogen) atoms. The van der Waals surface area contributed by atoms with Crippen molar-refractivity contribution < 1.29 is 29.1 Å². The highest BCUT2D eigenvalue weighted by Gasteiger charge is 2.34. The van der Waals surface area contributed by atoms with Crippen LogP contribution >= 0.6 is 0 Å². The third-order valence-electron chi connectivity index (χ3n) is 4.27. The van der Waals surface area contributed by atoms with E-state index in [1.807, 2.05) is 0 Å². The van der Waals surface area contributed by atoms with E-state index in [2.05, 4.69) is 10.6 Å². The lowest BCUT2D eigenvalue weighted by Gasteiger charge is -2.13. The summed E-state index contributed by atoms with van der Waals surface area (Å²) in [5.41, 5.74) is 1.33. The van der Waals surface area contributed by atoms with Crippen LogP contribution in [-0.2, 0) is 9.59 Å². The summed E-state index contributed by atoms with van der Waals surface area (Å²) in [4.78, 5) is 60.0. The molecule has 1 heterocycles. The number of hydrogen-bond acceptors (Lipinski definition) is 5. The number of imide groups is 1. The first-order chi connectivity index (χ1) is 13.9. The van der Waals surface area contributed by atoms with Gasteiger partial charge < -0.3 is 15.7 Å². The molecule has 0 fully saturated rings. The molecular weight excluding hydrogens is 378 g/mol. The number of hydrogen-bond donors (Lipinski definition) is 3. The zero-order valence-electron chi connectivity index (χ0n) is 15.2. The van der Waals surface area contributed by atoms with Crippen molar-refractivity contribution in [3.63, 3.8) is 0 Å². The molecule has 1 aliphatic rings. The van der Waals surface area contributed by atoms with Crippen molar-refractivity contribution in [3.8, 4) is 0 Å². The average Bonchev–Trinajstić information content (AvgIpc) is 2.95. The van der Waals surface area contributed by atoms with Crippen LogP contribution in [0, 0.1) is 0 Å². The van der Waals surface area contributed by atoms with Gasteiger partial charge in [-0.1, -0.05) is 12.1 Å². The Bertz CT molecular complexity index is 965. The maximum absolute atomic E-state index is 12.3. The van der Waals surface area contributed by atoms with E-state index < -0.39 is 36.1 Å². The molecule has 0 atom stereocenters. The van der Waals surface area contributed by atoms with Gasteiger partial charge in [0, 0.05) is 24.2 Å². The van der Waals surface area contributed by atoms with Crippen LogP contribution in [0.25, 0.3) is 0 Å². The molecule has 0 saturated heterocycles. The monoisotopic (exact) mass is 395 g/mol. The Morgan fingerprint density at radius 2 is 1.48 bits per heavy atom. The van der Waals surface area contributed by atoms with Crippen molar-refractivity contribution in [2.45, 2.75) is 6.42 Å². The van der Waals surface area contributed by atoms with E-state index in [1.165, 1.54) is 24.3 Å². The molecule has 0 radical (unpaired) electrons. The molecule has 2 aromatic rings. The lowest BCUT2D eigenvalue weighted by Crippen LogP contribution is -2.32. The summed E-state index contributed by atoms with van der Waals surface area (Å²) in [6, 6.07) is 12.4. The zero-order valence-corrected chi connectivity index (χ0v) is 15.2. The third kappa shape index (κ3) is 4.46. The van der Waals surface area contributed by atoms with Gasteiger partial charge in [-0.05, 0) is 36.4 Å². The van der Waals surface area contributed by atoms with Crippen molar-refractivity contribution in [2.75, 3.05) is 18.4 Å². The molecular formula is C20H17N3O6. The van der Waals surface area contributed by atoms with Crippen LogP contribution in [0.2, 0.25) is 0 Å². The molecule has 2 aromatic carbocycles. The van der Waals surface area contributed by atoms with E-state index in [-0.39, 0.29) is 18.5 Å². The minimum atomic E-state index is -1.15. The molecule has 0 aromatic heterocycles. The number of carboxylic acid groups (broad SMARTS) is 1. The Morgan fingerprint density at radius 3 is 2.03 bits per heavy atom. The average molecular weight is 395 g/mol. The number of nitrogens with one attached hydrogen (secondary N) is 2. The predicted molar refractivity (Wildman–Crippen MR) is 101 cm³/mol. The van der Waals surface area contributed by atoms with Crippen LogP contribution in [0.1, 0.15) is 37.5 Å². The standard InChI is InChI=1S/C20H17N3O6/c24-16(9-10-23-19(28)14-3-1-2-4-15(14)20(23)29)22-13-7-5-12(6-8-13)18(27)21-11-17(25)26/h1-8H,9-11H2,(H,21,27)(H,22,24)(H,25,26). The smallest absolute Gasteiger partial charge is 0.322 e. The van der Waals surface area contributed by atoms with Crippen LogP contribution in [0.15, 0.2) is 48.5 Å². The van der Waals surface area contributed by atoms with Gasteiger partial charge in [0.25, 0.3) is 17.7 Å². The fraction of sp³-hybridized carbons (Fsp3) is 0.150.